The number of hydrogen-bond donors (Lipinski definition) is 0. The summed E-state index contributed by atoms with van der Waals surface area (Å²) in [6.07, 6.45) is 0. The predicted octanol–water partition coefficient (Wildman–Crippen LogP) is 25.1. The van der Waals surface area contributed by atoms with E-state index < -0.39 is 0 Å². The van der Waals surface area contributed by atoms with E-state index in [1.807, 2.05) is 54.6 Å². The lowest BCUT2D eigenvalue weighted by molar-refractivity contribution is 1.26. The van der Waals surface area contributed by atoms with Crippen molar-refractivity contribution < 1.29 is 0 Å². The van der Waals surface area contributed by atoms with Crippen molar-refractivity contribution in [1.82, 2.24) is 0 Å². The van der Waals surface area contributed by atoms with Gasteiger partial charge in [0, 0.05) is 83.3 Å². The maximum absolute atomic E-state index is 6.69. The van der Waals surface area contributed by atoms with Crippen molar-refractivity contribution in [2.45, 2.75) is 20.8 Å². The van der Waals surface area contributed by atoms with Gasteiger partial charge in [0.05, 0.1) is 0 Å². The van der Waals surface area contributed by atoms with Crippen LogP contribution < -0.4 is 19.6 Å². The van der Waals surface area contributed by atoms with Gasteiger partial charge in [0.25, 0.3) is 0 Å². The molecule has 0 bridgehead atoms. The molecule has 0 aliphatic heterocycles. The Labute approximate surface area is 531 Å². The first kappa shape index (κ1) is 57.0. The first-order valence-corrected chi connectivity index (χ1v) is 30.6. The molecule has 0 spiro atoms. The smallest absolute Gasteiger partial charge is 0.0476 e. The summed E-state index contributed by atoms with van der Waals surface area (Å²) in [5.41, 5.74) is 25.1. The lowest BCUT2D eigenvalue weighted by Crippen LogP contribution is -2.10. The molecular weight excluding hydrogens is 1140 g/mol. The fourth-order valence-electron chi connectivity index (χ4n) is 11.5. The lowest BCUT2D eigenvalue weighted by Gasteiger charge is -2.27. The highest BCUT2D eigenvalue weighted by atomic mass is 35.5. The summed E-state index contributed by atoms with van der Waals surface area (Å²) < 4.78 is 0. The van der Waals surface area contributed by atoms with Crippen LogP contribution in [0.5, 0.6) is 0 Å². The van der Waals surface area contributed by atoms with Crippen LogP contribution in [-0.4, -0.2) is 0 Å². The molecule has 13 aromatic rings. The molecule has 0 aliphatic carbocycles. The number of rotatable bonds is 16. The number of nitrogens with zero attached hydrogens (tertiary/aromatic N) is 4. The van der Waals surface area contributed by atoms with Crippen LogP contribution in [0.15, 0.2) is 315 Å². The zero-order valence-corrected chi connectivity index (χ0v) is 51.2. The van der Waals surface area contributed by atoms with Crippen LogP contribution in [0.4, 0.5) is 68.2 Å². The van der Waals surface area contributed by atoms with Gasteiger partial charge in [-0.1, -0.05) is 192 Å². The Bertz CT molecular complexity index is 4480. The van der Waals surface area contributed by atoms with E-state index in [9.17, 15) is 0 Å². The van der Waals surface area contributed by atoms with E-state index in [2.05, 4.69) is 301 Å². The molecular formula is C81H61Cl3N4. The minimum Gasteiger partial charge on any atom is -0.310 e. The summed E-state index contributed by atoms with van der Waals surface area (Å²) in [6, 6.07) is 111. The fraction of sp³-hybridized carbons (Fsp3) is 0.0370. The zero-order valence-electron chi connectivity index (χ0n) is 48.9. The van der Waals surface area contributed by atoms with E-state index in [1.165, 1.54) is 27.8 Å². The van der Waals surface area contributed by atoms with E-state index in [-0.39, 0.29) is 0 Å². The standard InChI is InChI=1S/C81H61Cl3N4/c1-56-19-21-59(22-20-56)60-23-37-70(38-24-60)85(79-16-6-11-67(82)53-79)71-39-25-61(26-40-71)62-27-41-72(42-28-62)86(80-17-7-12-68(83)54-80)73-43-29-63(30-44-73)64-31-45-74(46-32-64)87(81-18-8-13-69(84)55-81)75-47-33-65(34-48-75)66-35-49-76(50-36-66)88(77-14-4-9-57(2)51-77)78-15-5-10-58(3)52-78/h4-55H,1-3H3. The number of hydrogen-bond acceptors (Lipinski definition) is 4. The predicted molar refractivity (Wildman–Crippen MR) is 376 cm³/mol. The Morgan fingerprint density at radius 1 is 0.170 bits per heavy atom. The molecule has 88 heavy (non-hydrogen) atoms. The van der Waals surface area contributed by atoms with Crippen molar-refractivity contribution in [2.24, 2.45) is 0 Å². The van der Waals surface area contributed by atoms with Crippen molar-refractivity contribution in [2.75, 3.05) is 19.6 Å². The van der Waals surface area contributed by atoms with Gasteiger partial charge in [0.1, 0.15) is 0 Å². The van der Waals surface area contributed by atoms with Crippen LogP contribution in [0.25, 0.3) is 44.5 Å². The Balaban J connectivity index is 0.739. The van der Waals surface area contributed by atoms with Gasteiger partial charge in [0.2, 0.25) is 0 Å². The average molecular weight is 1200 g/mol. The van der Waals surface area contributed by atoms with Gasteiger partial charge < -0.3 is 19.6 Å². The van der Waals surface area contributed by atoms with Crippen LogP contribution in [0, 0.1) is 20.8 Å². The average Bonchev–Trinajstić information content (AvgIpc) is 3.73. The van der Waals surface area contributed by atoms with Gasteiger partial charge in [-0.2, -0.15) is 0 Å². The molecule has 0 aliphatic rings. The summed E-state index contributed by atoms with van der Waals surface area (Å²) >= 11 is 20.0. The third kappa shape index (κ3) is 12.6. The second-order valence-corrected chi connectivity index (χ2v) is 23.5. The molecule has 13 rings (SSSR count). The Kier molecular flexibility index (Phi) is 16.5. The van der Waals surface area contributed by atoms with Crippen LogP contribution in [0.2, 0.25) is 15.1 Å². The lowest BCUT2D eigenvalue weighted by atomic mass is 10.0. The highest BCUT2D eigenvalue weighted by molar-refractivity contribution is 6.31. The van der Waals surface area contributed by atoms with Crippen LogP contribution in [0.3, 0.4) is 0 Å². The van der Waals surface area contributed by atoms with Crippen LogP contribution in [0.1, 0.15) is 16.7 Å². The first-order valence-electron chi connectivity index (χ1n) is 29.4. The van der Waals surface area contributed by atoms with Crippen molar-refractivity contribution >= 4 is 103 Å². The molecule has 0 heterocycles. The van der Waals surface area contributed by atoms with Crippen molar-refractivity contribution in [1.29, 1.82) is 0 Å². The van der Waals surface area contributed by atoms with Gasteiger partial charge in [-0.05, 0) is 240 Å². The number of benzene rings is 13. The molecule has 13 aromatic carbocycles. The van der Waals surface area contributed by atoms with Crippen LogP contribution >= 0.6 is 34.8 Å². The molecule has 0 saturated heterocycles. The highest BCUT2D eigenvalue weighted by Gasteiger charge is 2.19. The summed E-state index contributed by atoms with van der Waals surface area (Å²) in [5, 5.41) is 2.02. The molecule has 426 valence electrons. The largest absolute Gasteiger partial charge is 0.310 e. The van der Waals surface area contributed by atoms with Crippen molar-refractivity contribution in [3.63, 3.8) is 0 Å². The number of halogens is 3. The van der Waals surface area contributed by atoms with Gasteiger partial charge in [-0.25, -0.2) is 0 Å². The molecule has 4 nitrogen and oxygen atoms in total. The van der Waals surface area contributed by atoms with Gasteiger partial charge >= 0.3 is 0 Å². The first-order chi connectivity index (χ1) is 43.0. The summed E-state index contributed by atoms with van der Waals surface area (Å²) in [7, 11) is 0. The third-order valence-electron chi connectivity index (χ3n) is 16.0. The quantitative estimate of drug-likeness (QED) is 0.0956. The van der Waals surface area contributed by atoms with Crippen molar-refractivity contribution in [3.8, 4) is 44.5 Å². The normalized spacial score (nSPS) is 11.1. The van der Waals surface area contributed by atoms with Gasteiger partial charge in [-0.15, -0.1) is 0 Å². The molecule has 7 heteroatoms. The Hall–Kier alpha value is -10.1. The van der Waals surface area contributed by atoms with E-state index in [1.54, 1.807) is 0 Å². The SMILES string of the molecule is Cc1ccc(-c2ccc(N(c3ccc(-c4ccc(N(c5ccc(-c6ccc(N(c7ccc(-c8ccc(N(c9cccc(C)c9)c9cccc(C)c9)cc8)cc7)c7cccc(Cl)c7)cc6)cc5)c5cccc(Cl)c5)cc4)cc3)c3cccc(Cl)c3)cc2)cc1. The third-order valence-corrected chi connectivity index (χ3v) is 16.7. The summed E-state index contributed by atoms with van der Waals surface area (Å²) in [5.74, 6) is 0. The topological polar surface area (TPSA) is 13.0 Å². The van der Waals surface area contributed by atoms with E-state index >= 15 is 0 Å². The van der Waals surface area contributed by atoms with E-state index in [0.717, 1.165) is 102 Å². The Morgan fingerprint density at radius 3 is 0.557 bits per heavy atom. The Morgan fingerprint density at radius 2 is 0.352 bits per heavy atom. The van der Waals surface area contributed by atoms with E-state index in [4.69, 9.17) is 34.8 Å². The van der Waals surface area contributed by atoms with Crippen molar-refractivity contribution in [3.05, 3.63) is 347 Å². The van der Waals surface area contributed by atoms with E-state index in [0.29, 0.717) is 15.1 Å². The molecule has 0 unspecified atom stereocenters. The summed E-state index contributed by atoms with van der Waals surface area (Å²) in [4.78, 5) is 9.06. The molecule has 0 N–H and O–H groups in total. The second kappa shape index (κ2) is 25.5. The molecule has 0 fully saturated rings. The van der Waals surface area contributed by atoms with Gasteiger partial charge in [-0.3, -0.25) is 0 Å². The molecule has 0 radical (unpaired) electrons. The number of anilines is 12. The van der Waals surface area contributed by atoms with Gasteiger partial charge in [0.15, 0.2) is 0 Å². The number of aryl methyl sites for hydroxylation is 3. The molecule has 0 atom stereocenters. The molecule has 0 saturated carbocycles. The summed E-state index contributed by atoms with van der Waals surface area (Å²) in [6.45, 7) is 6.39. The second-order valence-electron chi connectivity index (χ2n) is 22.2. The highest BCUT2D eigenvalue weighted by Crippen LogP contribution is 2.43. The fourth-order valence-corrected chi connectivity index (χ4v) is 12.1. The maximum atomic E-state index is 6.69. The van der Waals surface area contributed by atoms with Crippen LogP contribution in [-0.2, 0) is 0 Å². The monoisotopic (exact) mass is 1190 g/mol. The zero-order chi connectivity index (χ0) is 60.1. The molecule has 0 aromatic heterocycles. The maximum Gasteiger partial charge on any atom is 0.0476 e. The minimum absolute atomic E-state index is 0.665. The molecule has 0 amide bonds. The minimum atomic E-state index is 0.665.